The molecule has 3 heterocycles. The summed E-state index contributed by atoms with van der Waals surface area (Å²) in [6.45, 7) is 8.62. The number of hydrogen-bond acceptors (Lipinski definition) is 4. The first-order valence-corrected chi connectivity index (χ1v) is 11.5. The maximum Gasteiger partial charge on any atom is 0.289 e. The Morgan fingerprint density at radius 1 is 1.11 bits per heavy atom. The molecule has 2 aliphatic rings. The normalized spacial score (nSPS) is 24.2. The van der Waals surface area contributed by atoms with Crippen LogP contribution in [0.25, 0.3) is 11.0 Å². The molecule has 28 heavy (non-hydrogen) atoms. The third-order valence-corrected chi connectivity index (χ3v) is 7.80. The number of furan rings is 1. The molecule has 2 aromatic rings. The molecule has 2 fully saturated rings. The monoisotopic (exact) mass is 404 g/mol. The molecule has 6 nitrogen and oxygen atoms in total. The van der Waals surface area contributed by atoms with Gasteiger partial charge >= 0.3 is 0 Å². The first-order valence-electron chi connectivity index (χ1n) is 10.1. The van der Waals surface area contributed by atoms with Crippen molar-refractivity contribution in [3.63, 3.8) is 0 Å². The summed E-state index contributed by atoms with van der Waals surface area (Å²) in [6.07, 6.45) is 3.08. The van der Waals surface area contributed by atoms with Gasteiger partial charge in [0, 0.05) is 37.1 Å². The largest absolute Gasteiger partial charge is 0.451 e. The smallest absolute Gasteiger partial charge is 0.289 e. The van der Waals surface area contributed by atoms with Crippen molar-refractivity contribution in [3.05, 3.63) is 29.5 Å². The van der Waals surface area contributed by atoms with Crippen LogP contribution < -0.4 is 0 Å². The van der Waals surface area contributed by atoms with Crippen LogP contribution in [0.3, 0.4) is 0 Å². The number of carbonyl (C=O) groups excluding carboxylic acids is 1. The first-order chi connectivity index (χ1) is 13.3. The molecule has 0 radical (unpaired) electrons. The Morgan fingerprint density at radius 2 is 1.75 bits per heavy atom. The Kier molecular flexibility index (Phi) is 5.00. The molecule has 4 rings (SSSR count). The molecule has 1 aromatic carbocycles. The second kappa shape index (κ2) is 7.19. The van der Waals surface area contributed by atoms with Gasteiger partial charge in [-0.1, -0.05) is 13.8 Å². The number of sulfonamides is 1. The fourth-order valence-electron chi connectivity index (χ4n) is 4.58. The van der Waals surface area contributed by atoms with Crippen LogP contribution in [0.2, 0.25) is 0 Å². The fraction of sp³-hybridized carbons (Fsp3) is 0.571. The standard InChI is InChI=1S/C21H28N2O4S/c1-14-10-15(2)13-23(12-14)28(25,26)17-6-7-19-18(11-17)16(3)20(27-19)21(24)22-8-4-5-9-22/h6-7,11,14-15H,4-5,8-10,12-13H2,1-3H3. The number of benzene rings is 1. The van der Waals surface area contributed by atoms with Crippen LogP contribution >= 0.6 is 0 Å². The summed E-state index contributed by atoms with van der Waals surface area (Å²) in [7, 11) is -3.57. The summed E-state index contributed by atoms with van der Waals surface area (Å²) in [6, 6.07) is 4.93. The summed E-state index contributed by atoms with van der Waals surface area (Å²) in [4.78, 5) is 14.8. The molecule has 152 valence electrons. The van der Waals surface area contributed by atoms with Gasteiger partial charge < -0.3 is 9.32 Å². The van der Waals surface area contributed by atoms with Crippen molar-refractivity contribution in [2.75, 3.05) is 26.2 Å². The van der Waals surface area contributed by atoms with E-state index in [9.17, 15) is 13.2 Å². The van der Waals surface area contributed by atoms with Gasteiger partial charge in [0.2, 0.25) is 10.0 Å². The van der Waals surface area contributed by atoms with E-state index in [2.05, 4.69) is 13.8 Å². The van der Waals surface area contributed by atoms with Gasteiger partial charge in [0.05, 0.1) is 4.90 Å². The molecule has 0 saturated carbocycles. The summed E-state index contributed by atoms with van der Waals surface area (Å²) in [5.74, 6) is 0.922. The van der Waals surface area contributed by atoms with E-state index in [4.69, 9.17) is 4.42 Å². The van der Waals surface area contributed by atoms with Crippen molar-refractivity contribution in [2.45, 2.75) is 44.9 Å². The zero-order valence-electron chi connectivity index (χ0n) is 16.8. The van der Waals surface area contributed by atoms with Crippen LogP contribution in [0.1, 0.15) is 49.2 Å². The van der Waals surface area contributed by atoms with Gasteiger partial charge in [0.25, 0.3) is 5.91 Å². The lowest BCUT2D eigenvalue weighted by molar-refractivity contribution is 0.0762. The highest BCUT2D eigenvalue weighted by Gasteiger charge is 2.32. The minimum absolute atomic E-state index is 0.103. The Labute approximate surface area is 166 Å². The van der Waals surface area contributed by atoms with Gasteiger partial charge in [0.15, 0.2) is 5.76 Å². The van der Waals surface area contributed by atoms with Crippen molar-refractivity contribution in [2.24, 2.45) is 11.8 Å². The van der Waals surface area contributed by atoms with Gasteiger partial charge in [-0.25, -0.2) is 8.42 Å². The predicted molar refractivity (Wildman–Crippen MR) is 108 cm³/mol. The molecular weight excluding hydrogens is 376 g/mol. The van der Waals surface area contributed by atoms with Gasteiger partial charge in [-0.15, -0.1) is 0 Å². The third kappa shape index (κ3) is 3.35. The van der Waals surface area contributed by atoms with Gasteiger partial charge in [-0.05, 0) is 56.2 Å². The molecule has 2 unspecified atom stereocenters. The lowest BCUT2D eigenvalue weighted by Crippen LogP contribution is -2.42. The molecular formula is C21H28N2O4S. The maximum atomic E-state index is 13.2. The summed E-state index contributed by atoms with van der Waals surface area (Å²) < 4.78 is 33.8. The number of likely N-dealkylation sites (tertiary alicyclic amines) is 1. The highest BCUT2D eigenvalue weighted by molar-refractivity contribution is 7.89. The Balaban J connectivity index is 1.69. The lowest BCUT2D eigenvalue weighted by Gasteiger charge is -2.34. The van der Waals surface area contributed by atoms with E-state index in [-0.39, 0.29) is 10.8 Å². The van der Waals surface area contributed by atoms with Gasteiger partial charge in [-0.3, -0.25) is 4.79 Å². The highest BCUT2D eigenvalue weighted by Crippen LogP contribution is 2.32. The number of amides is 1. The number of piperidine rings is 1. The van der Waals surface area contributed by atoms with E-state index in [0.29, 0.717) is 47.2 Å². The molecule has 1 amide bonds. The van der Waals surface area contributed by atoms with Crippen LogP contribution in [0.5, 0.6) is 0 Å². The van der Waals surface area contributed by atoms with Gasteiger partial charge in [-0.2, -0.15) is 4.31 Å². The minimum atomic E-state index is -3.57. The van der Waals surface area contributed by atoms with Crippen molar-refractivity contribution < 1.29 is 17.6 Å². The van der Waals surface area contributed by atoms with E-state index in [0.717, 1.165) is 32.4 Å². The molecule has 7 heteroatoms. The van der Waals surface area contributed by atoms with Crippen LogP contribution in [0.4, 0.5) is 0 Å². The first kappa shape index (κ1) is 19.5. The Morgan fingerprint density at radius 3 is 2.39 bits per heavy atom. The number of hydrogen-bond donors (Lipinski definition) is 0. The van der Waals surface area contributed by atoms with Crippen LogP contribution in [0.15, 0.2) is 27.5 Å². The zero-order valence-corrected chi connectivity index (χ0v) is 17.6. The van der Waals surface area contributed by atoms with Crippen molar-refractivity contribution in [1.82, 2.24) is 9.21 Å². The molecule has 0 spiro atoms. The Hall–Kier alpha value is -1.86. The number of carbonyl (C=O) groups is 1. The fourth-order valence-corrected chi connectivity index (χ4v) is 6.29. The molecule has 0 N–H and O–H groups in total. The number of fused-ring (bicyclic) bond motifs is 1. The number of nitrogens with zero attached hydrogens (tertiary/aromatic N) is 2. The lowest BCUT2D eigenvalue weighted by atomic mass is 9.94. The number of aryl methyl sites for hydroxylation is 1. The minimum Gasteiger partial charge on any atom is -0.451 e. The van der Waals surface area contributed by atoms with E-state index in [1.165, 1.54) is 0 Å². The van der Waals surface area contributed by atoms with Crippen LogP contribution in [-0.2, 0) is 10.0 Å². The SMILES string of the molecule is Cc1c(C(=O)N2CCCC2)oc2ccc(S(=O)(=O)N3CC(C)CC(C)C3)cc12. The topological polar surface area (TPSA) is 70.8 Å². The van der Waals surface area contributed by atoms with Crippen molar-refractivity contribution in [1.29, 1.82) is 0 Å². The summed E-state index contributed by atoms with van der Waals surface area (Å²) in [5.41, 5.74) is 1.27. The predicted octanol–water partition coefficient (Wildman–Crippen LogP) is 3.64. The summed E-state index contributed by atoms with van der Waals surface area (Å²) in [5, 5.41) is 0.696. The maximum absolute atomic E-state index is 13.2. The highest BCUT2D eigenvalue weighted by atomic mass is 32.2. The molecule has 0 aliphatic carbocycles. The second-order valence-electron chi connectivity index (χ2n) is 8.48. The zero-order chi connectivity index (χ0) is 20.1. The molecule has 2 aliphatic heterocycles. The van der Waals surface area contributed by atoms with E-state index >= 15 is 0 Å². The second-order valence-corrected chi connectivity index (χ2v) is 10.4. The van der Waals surface area contributed by atoms with E-state index < -0.39 is 10.0 Å². The van der Waals surface area contributed by atoms with Crippen LogP contribution in [-0.4, -0.2) is 49.7 Å². The van der Waals surface area contributed by atoms with E-state index in [1.54, 1.807) is 27.4 Å². The van der Waals surface area contributed by atoms with Gasteiger partial charge in [0.1, 0.15) is 5.58 Å². The molecule has 0 bridgehead atoms. The molecule has 2 atom stereocenters. The van der Waals surface area contributed by atoms with E-state index in [1.807, 2.05) is 6.92 Å². The Bertz CT molecular complexity index is 995. The molecule has 1 aromatic heterocycles. The quantitative estimate of drug-likeness (QED) is 0.783. The number of rotatable bonds is 3. The summed E-state index contributed by atoms with van der Waals surface area (Å²) >= 11 is 0. The third-order valence-electron chi connectivity index (χ3n) is 5.97. The average molecular weight is 405 g/mol. The van der Waals surface area contributed by atoms with Crippen molar-refractivity contribution in [3.8, 4) is 0 Å². The average Bonchev–Trinajstić information content (AvgIpc) is 3.29. The van der Waals surface area contributed by atoms with Crippen LogP contribution in [0, 0.1) is 18.8 Å². The molecule has 2 saturated heterocycles. The van der Waals surface area contributed by atoms with Crippen molar-refractivity contribution >= 4 is 26.9 Å².